The summed E-state index contributed by atoms with van der Waals surface area (Å²) in [4.78, 5) is 12.1. The van der Waals surface area contributed by atoms with Gasteiger partial charge in [0.2, 0.25) is 0 Å². The highest BCUT2D eigenvalue weighted by molar-refractivity contribution is 7.93. The molecule has 21 heavy (non-hydrogen) atoms. The maximum atomic E-state index is 12.1. The van der Waals surface area contributed by atoms with Gasteiger partial charge in [0, 0.05) is 11.6 Å². The number of aromatic nitrogens is 1. The Morgan fingerprint density at radius 1 is 1.52 bits per heavy atom. The van der Waals surface area contributed by atoms with Gasteiger partial charge in [0.05, 0.1) is 11.3 Å². The lowest BCUT2D eigenvalue weighted by Gasteiger charge is -2.16. The quantitative estimate of drug-likeness (QED) is 0.870. The van der Waals surface area contributed by atoms with E-state index in [1.165, 1.54) is 12.1 Å². The third-order valence-corrected chi connectivity index (χ3v) is 6.14. The van der Waals surface area contributed by atoms with Crippen LogP contribution in [0.4, 0.5) is 5.82 Å². The second kappa shape index (κ2) is 4.71. The summed E-state index contributed by atoms with van der Waals surface area (Å²) >= 11 is 1.02. The Morgan fingerprint density at radius 3 is 2.95 bits per heavy atom. The zero-order valence-corrected chi connectivity index (χ0v) is 12.4. The van der Waals surface area contributed by atoms with Crippen LogP contribution in [0.1, 0.15) is 11.3 Å². The first-order valence-electron chi connectivity index (χ1n) is 5.86. The van der Waals surface area contributed by atoms with Crippen LogP contribution in [0.15, 0.2) is 31.8 Å². The van der Waals surface area contributed by atoms with Crippen molar-refractivity contribution in [3.63, 3.8) is 0 Å². The smallest absolute Gasteiger partial charge is 0.257 e. The second-order valence-electron chi connectivity index (χ2n) is 4.48. The highest BCUT2D eigenvalue weighted by atomic mass is 32.2. The van der Waals surface area contributed by atoms with Crippen LogP contribution in [0, 0.1) is 6.92 Å². The minimum atomic E-state index is -3.62. The van der Waals surface area contributed by atoms with Crippen LogP contribution >= 0.6 is 11.3 Å². The molecule has 0 saturated heterocycles. The van der Waals surface area contributed by atoms with Crippen molar-refractivity contribution in [2.75, 3.05) is 11.1 Å². The van der Waals surface area contributed by atoms with E-state index in [1.54, 1.807) is 12.3 Å². The number of hydrogen-bond acceptors (Lipinski definition) is 7. The van der Waals surface area contributed by atoms with Gasteiger partial charge in [-0.15, -0.1) is 11.3 Å². The Kier molecular flexibility index (Phi) is 3.10. The molecule has 0 unspecified atom stereocenters. The monoisotopic (exact) mass is 326 g/mol. The maximum absolute atomic E-state index is 12.1. The molecular weight excluding hydrogens is 316 g/mol. The summed E-state index contributed by atoms with van der Waals surface area (Å²) in [6, 6.07) is 2.96. The normalized spacial score (nSPS) is 16.6. The molecule has 1 aliphatic heterocycles. The van der Waals surface area contributed by atoms with E-state index in [0.717, 1.165) is 11.3 Å². The van der Waals surface area contributed by atoms with E-state index in [0.29, 0.717) is 5.76 Å². The summed E-state index contributed by atoms with van der Waals surface area (Å²) < 4.78 is 29.1. The predicted molar refractivity (Wildman–Crippen MR) is 75.8 cm³/mol. The van der Waals surface area contributed by atoms with Crippen LogP contribution < -0.4 is 5.32 Å². The van der Waals surface area contributed by atoms with Gasteiger partial charge in [-0.05, 0) is 18.4 Å². The van der Waals surface area contributed by atoms with Crippen molar-refractivity contribution in [3.8, 4) is 0 Å². The molecule has 7 nitrogen and oxygen atoms in total. The number of nitrogens with one attached hydrogen (secondary N) is 1. The zero-order chi connectivity index (χ0) is 15.2. The molecule has 0 aliphatic carbocycles. The first-order valence-corrected chi connectivity index (χ1v) is 8.39. The Bertz CT molecular complexity index is 860. The van der Waals surface area contributed by atoms with Crippen LogP contribution in [0.2, 0.25) is 0 Å². The molecule has 0 aromatic carbocycles. The van der Waals surface area contributed by atoms with Gasteiger partial charge < -0.3 is 14.9 Å². The number of aryl methyl sites for hydroxylation is 1. The molecule has 0 atom stereocenters. The molecule has 110 valence electrons. The molecule has 1 amide bonds. The number of carbonyl (C=O) groups is 1. The lowest BCUT2D eigenvalue weighted by molar-refractivity contribution is -0.112. The van der Waals surface area contributed by atoms with Gasteiger partial charge >= 0.3 is 0 Å². The van der Waals surface area contributed by atoms with E-state index in [4.69, 9.17) is 4.52 Å². The molecule has 0 spiro atoms. The van der Waals surface area contributed by atoms with Gasteiger partial charge in [0.15, 0.2) is 15.7 Å². The van der Waals surface area contributed by atoms with Gasteiger partial charge in [-0.25, -0.2) is 8.42 Å². The summed E-state index contributed by atoms with van der Waals surface area (Å²) in [6.07, 6.45) is 0. The van der Waals surface area contributed by atoms with E-state index >= 15 is 0 Å². The Balaban J connectivity index is 1.99. The van der Waals surface area contributed by atoms with Crippen molar-refractivity contribution < 1.29 is 22.8 Å². The summed E-state index contributed by atoms with van der Waals surface area (Å²) in [7, 11) is -3.62. The number of fused-ring (bicyclic) bond motifs is 1. The average molecular weight is 326 g/mol. The van der Waals surface area contributed by atoms with E-state index in [2.05, 4.69) is 10.5 Å². The van der Waals surface area contributed by atoms with Crippen molar-refractivity contribution in [3.05, 3.63) is 34.4 Å². The van der Waals surface area contributed by atoms with Gasteiger partial charge in [0.25, 0.3) is 5.91 Å². The second-order valence-corrected chi connectivity index (χ2v) is 7.59. The number of sulfone groups is 1. The fraction of sp³-hybridized carbons (Fsp3) is 0.167. The number of aliphatic hydroxyl groups excluding tert-OH is 1. The number of aliphatic hydroxyl groups is 1. The maximum Gasteiger partial charge on any atom is 0.257 e. The number of amides is 1. The Labute approximate surface area is 123 Å². The van der Waals surface area contributed by atoms with E-state index in [9.17, 15) is 18.3 Å². The molecule has 2 N–H and O–H groups in total. The lowest BCUT2D eigenvalue weighted by Crippen LogP contribution is -2.25. The van der Waals surface area contributed by atoms with Crippen molar-refractivity contribution in [1.29, 1.82) is 0 Å². The fourth-order valence-corrected chi connectivity index (χ4v) is 4.82. The van der Waals surface area contributed by atoms with Crippen molar-refractivity contribution >= 4 is 38.7 Å². The summed E-state index contributed by atoms with van der Waals surface area (Å²) in [5, 5.41) is 17.7. The van der Waals surface area contributed by atoms with Crippen LogP contribution in [-0.2, 0) is 14.6 Å². The molecule has 9 heteroatoms. The molecule has 3 rings (SSSR count). The highest BCUT2D eigenvalue weighted by Gasteiger charge is 2.34. The minimum absolute atomic E-state index is 0.0776. The van der Waals surface area contributed by atoms with Crippen LogP contribution in [0.3, 0.4) is 0 Å². The molecule has 2 aromatic heterocycles. The number of carbonyl (C=O) groups excluding carboxylic acids is 1. The first-order chi connectivity index (χ1) is 9.88. The highest BCUT2D eigenvalue weighted by Crippen LogP contribution is 2.35. The zero-order valence-electron chi connectivity index (χ0n) is 10.8. The summed E-state index contributed by atoms with van der Waals surface area (Å²) in [5.74, 6) is -0.930. The van der Waals surface area contributed by atoms with Crippen molar-refractivity contribution in [2.45, 2.75) is 11.1 Å². The van der Waals surface area contributed by atoms with Crippen molar-refractivity contribution in [2.24, 2.45) is 0 Å². The van der Waals surface area contributed by atoms with Gasteiger partial charge in [-0.2, -0.15) is 0 Å². The fourth-order valence-electron chi connectivity index (χ4n) is 1.99. The van der Waals surface area contributed by atoms with Crippen LogP contribution in [0.25, 0.3) is 5.76 Å². The number of anilines is 1. The Hall–Kier alpha value is -2.13. The third-order valence-electron chi connectivity index (χ3n) is 2.93. The minimum Gasteiger partial charge on any atom is -0.507 e. The van der Waals surface area contributed by atoms with Gasteiger partial charge in [-0.1, -0.05) is 5.16 Å². The molecule has 0 fully saturated rings. The number of rotatable bonds is 2. The molecule has 1 aliphatic rings. The SMILES string of the molecule is Cc1cc(NC(=O)C2=C(O)c3ccsc3S(=O)(=O)C2)no1. The average Bonchev–Trinajstić information content (AvgIpc) is 3.03. The van der Waals surface area contributed by atoms with Crippen LogP contribution in [0.5, 0.6) is 0 Å². The standard InChI is InChI=1S/C12H10N2O5S2/c1-6-4-9(14-19-6)13-11(16)8-5-21(17,18)12-7(10(8)15)2-3-20-12/h2-4,15H,5H2,1H3,(H,13,14,16). The predicted octanol–water partition coefficient (Wildman–Crippen LogP) is 1.74. The lowest BCUT2D eigenvalue weighted by atomic mass is 10.1. The van der Waals surface area contributed by atoms with E-state index < -0.39 is 21.5 Å². The van der Waals surface area contributed by atoms with Gasteiger partial charge in [0.1, 0.15) is 15.7 Å². The van der Waals surface area contributed by atoms with E-state index in [1.807, 2.05) is 0 Å². The molecule has 0 radical (unpaired) electrons. The molecule has 2 aromatic rings. The number of thiophene rings is 1. The topological polar surface area (TPSA) is 110 Å². The number of hydrogen-bond donors (Lipinski definition) is 2. The first kappa shape index (κ1) is 13.8. The molecule has 0 saturated carbocycles. The molecule has 3 heterocycles. The summed E-state index contributed by atoms with van der Waals surface area (Å²) in [5.41, 5.74) is -0.0470. The van der Waals surface area contributed by atoms with E-state index in [-0.39, 0.29) is 26.9 Å². The number of nitrogens with zero attached hydrogens (tertiary/aromatic N) is 1. The third kappa shape index (κ3) is 2.34. The largest absolute Gasteiger partial charge is 0.507 e. The Morgan fingerprint density at radius 2 is 2.29 bits per heavy atom. The van der Waals surface area contributed by atoms with Gasteiger partial charge in [-0.3, -0.25) is 4.79 Å². The summed E-state index contributed by atoms with van der Waals surface area (Å²) in [6.45, 7) is 1.65. The van der Waals surface area contributed by atoms with Crippen LogP contribution in [-0.4, -0.2) is 30.3 Å². The van der Waals surface area contributed by atoms with Crippen molar-refractivity contribution in [1.82, 2.24) is 5.16 Å². The molecule has 0 bridgehead atoms. The molecular formula is C12H10N2O5S2.